The third-order valence-corrected chi connectivity index (χ3v) is 4.31. The van der Waals surface area contributed by atoms with Crippen LogP contribution in [0, 0.1) is 0 Å². The smallest absolute Gasteiger partial charge is 0.264 e. The van der Waals surface area contributed by atoms with E-state index in [2.05, 4.69) is 0 Å². The molecule has 5 heteroatoms. The number of carbonyl (C=O) groups is 1. The Morgan fingerprint density at radius 1 is 1.61 bits per heavy atom. The van der Waals surface area contributed by atoms with Crippen LogP contribution in [0.5, 0.6) is 5.75 Å². The van der Waals surface area contributed by atoms with Gasteiger partial charge in [0.25, 0.3) is 5.91 Å². The Morgan fingerprint density at radius 3 is 3.11 bits per heavy atom. The summed E-state index contributed by atoms with van der Waals surface area (Å²) in [6.45, 7) is 1.49. The lowest BCUT2D eigenvalue weighted by molar-refractivity contribution is 0.0610. The van der Waals surface area contributed by atoms with Gasteiger partial charge in [0.15, 0.2) is 0 Å². The lowest BCUT2D eigenvalue weighted by Gasteiger charge is -2.35. The van der Waals surface area contributed by atoms with Gasteiger partial charge in [-0.05, 0) is 32.2 Å². The van der Waals surface area contributed by atoms with Crippen LogP contribution in [-0.4, -0.2) is 37.0 Å². The van der Waals surface area contributed by atoms with Crippen LogP contribution in [0.2, 0.25) is 0 Å². The summed E-state index contributed by atoms with van der Waals surface area (Å²) >= 11 is 1.45. The summed E-state index contributed by atoms with van der Waals surface area (Å²) in [6.07, 6.45) is 4.26. The third kappa shape index (κ3) is 2.84. The number of thiophene rings is 1. The Kier molecular flexibility index (Phi) is 4.60. The van der Waals surface area contributed by atoms with E-state index in [0.29, 0.717) is 12.6 Å². The molecule has 2 N–H and O–H groups in total. The van der Waals surface area contributed by atoms with Gasteiger partial charge in [-0.25, -0.2) is 0 Å². The molecule has 1 aromatic heterocycles. The van der Waals surface area contributed by atoms with Crippen LogP contribution in [0.3, 0.4) is 0 Å². The van der Waals surface area contributed by atoms with Gasteiger partial charge in [0.2, 0.25) is 0 Å². The molecule has 1 aliphatic rings. The second kappa shape index (κ2) is 6.20. The van der Waals surface area contributed by atoms with E-state index in [1.54, 1.807) is 7.11 Å². The minimum absolute atomic E-state index is 0.126. The van der Waals surface area contributed by atoms with Gasteiger partial charge in [0, 0.05) is 24.0 Å². The number of hydrogen-bond donors (Lipinski definition) is 1. The molecule has 1 saturated heterocycles. The molecule has 0 saturated carbocycles. The maximum absolute atomic E-state index is 12.5. The summed E-state index contributed by atoms with van der Waals surface area (Å²) in [5.41, 5.74) is 5.63. The van der Waals surface area contributed by atoms with Crippen LogP contribution in [0.25, 0.3) is 0 Å². The number of likely N-dealkylation sites (tertiary alicyclic amines) is 1. The number of rotatable bonds is 4. The fourth-order valence-electron chi connectivity index (χ4n) is 2.44. The number of carbonyl (C=O) groups excluding carboxylic acids is 1. The summed E-state index contributed by atoms with van der Waals surface area (Å²) < 4.78 is 5.13. The number of ether oxygens (including phenoxy) is 1. The van der Waals surface area contributed by atoms with Gasteiger partial charge in [0.05, 0.1) is 12.0 Å². The minimum atomic E-state index is 0.126. The van der Waals surface area contributed by atoms with Crippen molar-refractivity contribution in [3.8, 4) is 5.75 Å². The number of hydrogen-bond acceptors (Lipinski definition) is 4. The largest absolute Gasteiger partial charge is 0.496 e. The fraction of sp³-hybridized carbons (Fsp3) is 0.615. The highest BCUT2D eigenvalue weighted by molar-refractivity contribution is 7.12. The standard InChI is InChI=1S/C13H20N2O2S/c1-17-11-8-12(18-9-11)13(16)15-7-3-2-4-10(15)5-6-14/h8-10H,2-7,14H2,1H3. The minimum Gasteiger partial charge on any atom is -0.496 e. The average Bonchev–Trinajstić information content (AvgIpc) is 2.88. The van der Waals surface area contributed by atoms with E-state index in [1.165, 1.54) is 17.8 Å². The zero-order chi connectivity index (χ0) is 13.0. The van der Waals surface area contributed by atoms with Crippen LogP contribution >= 0.6 is 11.3 Å². The van der Waals surface area contributed by atoms with Crippen molar-refractivity contribution in [3.05, 3.63) is 16.3 Å². The average molecular weight is 268 g/mol. The van der Waals surface area contributed by atoms with Crippen LogP contribution in [0.1, 0.15) is 35.4 Å². The summed E-state index contributed by atoms with van der Waals surface area (Å²) in [5, 5.41) is 1.87. The van der Waals surface area contributed by atoms with E-state index < -0.39 is 0 Å². The summed E-state index contributed by atoms with van der Waals surface area (Å²) in [7, 11) is 1.62. The van der Waals surface area contributed by atoms with Crippen molar-refractivity contribution in [2.24, 2.45) is 5.73 Å². The van der Waals surface area contributed by atoms with Gasteiger partial charge >= 0.3 is 0 Å². The van der Waals surface area contributed by atoms with Crippen LogP contribution in [0.15, 0.2) is 11.4 Å². The van der Waals surface area contributed by atoms with Crippen molar-refractivity contribution in [1.29, 1.82) is 0 Å². The molecule has 1 aliphatic heterocycles. The van der Waals surface area contributed by atoms with E-state index in [0.717, 1.165) is 36.4 Å². The maximum atomic E-state index is 12.5. The van der Waals surface area contributed by atoms with Crippen molar-refractivity contribution in [2.45, 2.75) is 31.7 Å². The highest BCUT2D eigenvalue weighted by Crippen LogP contribution is 2.26. The molecule has 2 rings (SSSR count). The fourth-order valence-corrected chi connectivity index (χ4v) is 3.25. The molecule has 0 aromatic carbocycles. The van der Waals surface area contributed by atoms with E-state index in [4.69, 9.17) is 10.5 Å². The molecule has 0 aliphatic carbocycles. The van der Waals surface area contributed by atoms with Crippen LogP contribution in [-0.2, 0) is 0 Å². The first-order chi connectivity index (χ1) is 8.76. The van der Waals surface area contributed by atoms with Gasteiger partial charge in [-0.15, -0.1) is 11.3 Å². The van der Waals surface area contributed by atoms with Gasteiger partial charge in [-0.3, -0.25) is 4.79 Å². The molecule has 0 spiro atoms. The SMILES string of the molecule is COc1csc(C(=O)N2CCCCC2CCN)c1. The van der Waals surface area contributed by atoms with Crippen LogP contribution < -0.4 is 10.5 Å². The van der Waals surface area contributed by atoms with Crippen molar-refractivity contribution in [1.82, 2.24) is 4.90 Å². The van der Waals surface area contributed by atoms with E-state index >= 15 is 0 Å². The Morgan fingerprint density at radius 2 is 2.44 bits per heavy atom. The van der Waals surface area contributed by atoms with Gasteiger partial charge in [-0.2, -0.15) is 0 Å². The Balaban J connectivity index is 2.10. The lowest BCUT2D eigenvalue weighted by Crippen LogP contribution is -2.44. The van der Waals surface area contributed by atoms with Gasteiger partial charge in [0.1, 0.15) is 5.75 Å². The number of nitrogens with zero attached hydrogens (tertiary/aromatic N) is 1. The first-order valence-electron chi connectivity index (χ1n) is 6.40. The molecule has 1 aromatic rings. The molecule has 0 bridgehead atoms. The topological polar surface area (TPSA) is 55.6 Å². The Bertz CT molecular complexity index is 403. The molecule has 18 heavy (non-hydrogen) atoms. The predicted octanol–water partition coefficient (Wildman–Crippen LogP) is 2.10. The van der Waals surface area contributed by atoms with E-state index in [-0.39, 0.29) is 5.91 Å². The monoisotopic (exact) mass is 268 g/mol. The first-order valence-corrected chi connectivity index (χ1v) is 7.27. The van der Waals surface area contributed by atoms with E-state index in [1.807, 2.05) is 16.3 Å². The summed E-state index contributed by atoms with van der Waals surface area (Å²) in [5.74, 6) is 0.886. The number of methoxy groups -OCH3 is 1. The zero-order valence-electron chi connectivity index (χ0n) is 10.7. The molecule has 0 radical (unpaired) electrons. The van der Waals surface area contributed by atoms with E-state index in [9.17, 15) is 4.79 Å². The Hall–Kier alpha value is -1.07. The molecule has 1 fully saturated rings. The highest BCUT2D eigenvalue weighted by atomic mass is 32.1. The molecule has 4 nitrogen and oxygen atoms in total. The second-order valence-corrected chi connectivity index (χ2v) is 5.49. The molecular formula is C13H20N2O2S. The molecule has 100 valence electrons. The van der Waals surface area contributed by atoms with Crippen LogP contribution in [0.4, 0.5) is 0 Å². The first kappa shape index (κ1) is 13.4. The maximum Gasteiger partial charge on any atom is 0.264 e. The third-order valence-electron chi connectivity index (χ3n) is 3.41. The lowest BCUT2D eigenvalue weighted by atomic mass is 9.99. The highest BCUT2D eigenvalue weighted by Gasteiger charge is 2.27. The molecule has 1 atom stereocenters. The van der Waals surface area contributed by atoms with Crippen molar-refractivity contribution in [2.75, 3.05) is 20.2 Å². The summed E-state index contributed by atoms with van der Waals surface area (Å²) in [4.78, 5) is 15.2. The second-order valence-electron chi connectivity index (χ2n) is 4.58. The van der Waals surface area contributed by atoms with Crippen molar-refractivity contribution < 1.29 is 9.53 Å². The van der Waals surface area contributed by atoms with Gasteiger partial charge in [-0.1, -0.05) is 0 Å². The molecule has 2 heterocycles. The quantitative estimate of drug-likeness (QED) is 0.910. The molecule has 1 amide bonds. The number of piperidine rings is 1. The molecular weight excluding hydrogens is 248 g/mol. The summed E-state index contributed by atoms with van der Waals surface area (Å²) in [6, 6.07) is 2.13. The Labute approximate surface area is 112 Å². The van der Waals surface area contributed by atoms with Gasteiger partial charge < -0.3 is 15.4 Å². The number of nitrogens with two attached hydrogens (primary N) is 1. The normalized spacial score (nSPS) is 19.9. The van der Waals surface area contributed by atoms with Crippen molar-refractivity contribution >= 4 is 17.2 Å². The molecule has 1 unspecified atom stereocenters. The zero-order valence-corrected chi connectivity index (χ0v) is 11.5. The number of amides is 1. The predicted molar refractivity (Wildman–Crippen MR) is 73.2 cm³/mol. The van der Waals surface area contributed by atoms with Crippen molar-refractivity contribution in [3.63, 3.8) is 0 Å².